The molecule has 74 valence electrons. The molecule has 13 heavy (non-hydrogen) atoms. The Balaban J connectivity index is 2.93. The standard InChI is InChI=1S/C12H20O/c1-9(2)11-7-12(3,4)6-5-10(11)8-13/h7-10H,5-6H2,1-4H3. The lowest BCUT2D eigenvalue weighted by Gasteiger charge is -2.32. The van der Waals surface area contributed by atoms with Gasteiger partial charge in [-0.25, -0.2) is 0 Å². The number of hydrogen-bond acceptors (Lipinski definition) is 1. The summed E-state index contributed by atoms with van der Waals surface area (Å²) >= 11 is 0. The number of carbonyl (C=O) groups is 1. The Morgan fingerprint density at radius 3 is 2.62 bits per heavy atom. The molecule has 0 radical (unpaired) electrons. The van der Waals surface area contributed by atoms with E-state index in [2.05, 4.69) is 33.8 Å². The van der Waals surface area contributed by atoms with Gasteiger partial charge in [0.05, 0.1) is 0 Å². The van der Waals surface area contributed by atoms with Crippen LogP contribution in [0.3, 0.4) is 0 Å². The molecule has 1 aliphatic carbocycles. The molecule has 0 heterocycles. The van der Waals surface area contributed by atoms with E-state index in [1.54, 1.807) is 0 Å². The van der Waals surface area contributed by atoms with E-state index in [4.69, 9.17) is 0 Å². The summed E-state index contributed by atoms with van der Waals surface area (Å²) in [5.74, 6) is 0.697. The molecule has 0 spiro atoms. The lowest BCUT2D eigenvalue weighted by Crippen LogP contribution is -2.23. The molecule has 0 fully saturated rings. The second kappa shape index (κ2) is 3.65. The molecule has 0 N–H and O–H groups in total. The molecule has 0 aromatic rings. The van der Waals surface area contributed by atoms with Crippen LogP contribution in [0.1, 0.15) is 40.5 Å². The highest BCUT2D eigenvalue weighted by atomic mass is 16.1. The van der Waals surface area contributed by atoms with E-state index in [9.17, 15) is 4.79 Å². The highest BCUT2D eigenvalue weighted by molar-refractivity contribution is 5.59. The van der Waals surface area contributed by atoms with Crippen molar-refractivity contribution >= 4 is 6.29 Å². The van der Waals surface area contributed by atoms with Gasteiger partial charge in [0, 0.05) is 5.92 Å². The fraction of sp³-hybridized carbons (Fsp3) is 0.750. The fourth-order valence-corrected chi connectivity index (χ4v) is 2.07. The van der Waals surface area contributed by atoms with Crippen molar-refractivity contribution in [3.8, 4) is 0 Å². The van der Waals surface area contributed by atoms with E-state index in [1.807, 2.05) is 0 Å². The van der Waals surface area contributed by atoms with Crippen molar-refractivity contribution in [2.45, 2.75) is 40.5 Å². The van der Waals surface area contributed by atoms with Crippen molar-refractivity contribution in [2.24, 2.45) is 17.3 Å². The molecule has 1 heteroatoms. The maximum absolute atomic E-state index is 10.8. The van der Waals surface area contributed by atoms with Gasteiger partial charge in [0.25, 0.3) is 0 Å². The molecule has 0 bridgehead atoms. The van der Waals surface area contributed by atoms with Gasteiger partial charge >= 0.3 is 0 Å². The molecule has 0 aromatic heterocycles. The summed E-state index contributed by atoms with van der Waals surface area (Å²) in [6.07, 6.45) is 5.58. The summed E-state index contributed by atoms with van der Waals surface area (Å²) in [5.41, 5.74) is 1.63. The maximum atomic E-state index is 10.8. The summed E-state index contributed by atoms with van der Waals surface area (Å²) in [6.45, 7) is 8.83. The second-order valence-electron chi connectivity index (χ2n) is 5.07. The molecular formula is C12H20O. The molecule has 1 aliphatic rings. The largest absolute Gasteiger partial charge is 0.303 e. The molecule has 1 unspecified atom stereocenters. The number of hydrogen-bond donors (Lipinski definition) is 0. The Hall–Kier alpha value is -0.590. The zero-order valence-corrected chi connectivity index (χ0v) is 9.13. The highest BCUT2D eigenvalue weighted by Gasteiger charge is 2.28. The summed E-state index contributed by atoms with van der Waals surface area (Å²) in [6, 6.07) is 0. The number of allylic oxidation sites excluding steroid dienone is 2. The van der Waals surface area contributed by atoms with Crippen LogP contribution in [0.5, 0.6) is 0 Å². The van der Waals surface area contributed by atoms with Gasteiger partial charge in [-0.3, -0.25) is 0 Å². The molecular weight excluding hydrogens is 160 g/mol. The minimum Gasteiger partial charge on any atom is -0.303 e. The minimum absolute atomic E-state index is 0.188. The summed E-state index contributed by atoms with van der Waals surface area (Å²) in [7, 11) is 0. The maximum Gasteiger partial charge on any atom is 0.127 e. The average molecular weight is 180 g/mol. The summed E-state index contributed by atoms with van der Waals surface area (Å²) < 4.78 is 0. The van der Waals surface area contributed by atoms with Gasteiger partial charge in [-0.2, -0.15) is 0 Å². The highest BCUT2D eigenvalue weighted by Crippen LogP contribution is 2.38. The van der Waals surface area contributed by atoms with Crippen LogP contribution in [-0.4, -0.2) is 6.29 Å². The average Bonchev–Trinajstić information content (AvgIpc) is 2.03. The molecule has 0 amide bonds. The first-order chi connectivity index (χ1) is 5.96. The molecule has 1 atom stereocenters. The third-order valence-corrected chi connectivity index (χ3v) is 2.92. The first-order valence-electron chi connectivity index (χ1n) is 5.14. The van der Waals surface area contributed by atoms with Crippen LogP contribution >= 0.6 is 0 Å². The number of aldehydes is 1. The molecule has 0 aromatic carbocycles. The van der Waals surface area contributed by atoms with Gasteiger partial charge in [0.2, 0.25) is 0 Å². The van der Waals surface area contributed by atoms with Gasteiger partial charge in [-0.05, 0) is 24.2 Å². The van der Waals surface area contributed by atoms with E-state index in [-0.39, 0.29) is 5.92 Å². The van der Waals surface area contributed by atoms with Gasteiger partial charge in [0.1, 0.15) is 6.29 Å². The molecule has 1 nitrogen and oxygen atoms in total. The lowest BCUT2D eigenvalue weighted by atomic mass is 9.72. The smallest absolute Gasteiger partial charge is 0.127 e. The normalized spacial score (nSPS) is 27.2. The zero-order chi connectivity index (χ0) is 10.1. The van der Waals surface area contributed by atoms with Crippen LogP contribution in [0, 0.1) is 17.3 Å². The van der Waals surface area contributed by atoms with Gasteiger partial charge in [-0.15, -0.1) is 0 Å². The monoisotopic (exact) mass is 180 g/mol. The van der Waals surface area contributed by atoms with Gasteiger partial charge < -0.3 is 4.79 Å². The third-order valence-electron chi connectivity index (χ3n) is 2.92. The Kier molecular flexibility index (Phi) is 2.94. The Labute approximate surface area is 81.2 Å². The Morgan fingerprint density at radius 2 is 2.15 bits per heavy atom. The lowest BCUT2D eigenvalue weighted by molar-refractivity contribution is -0.110. The quantitative estimate of drug-likeness (QED) is 0.471. The predicted molar refractivity (Wildman–Crippen MR) is 55.5 cm³/mol. The molecule has 0 aliphatic heterocycles. The van der Waals surface area contributed by atoms with Crippen LogP contribution in [-0.2, 0) is 4.79 Å². The SMILES string of the molecule is CC(C)C1=CC(C)(C)CCC1C=O. The molecule has 1 rings (SSSR count). The van der Waals surface area contributed by atoms with Gasteiger partial charge in [0.15, 0.2) is 0 Å². The van der Waals surface area contributed by atoms with Crippen LogP contribution in [0.4, 0.5) is 0 Å². The van der Waals surface area contributed by atoms with Crippen LogP contribution in [0.15, 0.2) is 11.6 Å². The van der Waals surface area contributed by atoms with Crippen LogP contribution in [0.25, 0.3) is 0 Å². The Morgan fingerprint density at radius 1 is 1.54 bits per heavy atom. The van der Waals surface area contributed by atoms with Crippen molar-refractivity contribution in [3.05, 3.63) is 11.6 Å². The first-order valence-corrected chi connectivity index (χ1v) is 5.14. The first kappa shape index (κ1) is 10.5. The summed E-state index contributed by atoms with van der Waals surface area (Å²) in [5, 5.41) is 0. The Bertz CT molecular complexity index is 223. The molecule has 0 saturated carbocycles. The van der Waals surface area contributed by atoms with Crippen LogP contribution < -0.4 is 0 Å². The topological polar surface area (TPSA) is 17.1 Å². The van der Waals surface area contributed by atoms with Crippen molar-refractivity contribution in [1.82, 2.24) is 0 Å². The third kappa shape index (κ3) is 2.43. The second-order valence-corrected chi connectivity index (χ2v) is 5.07. The van der Waals surface area contributed by atoms with E-state index in [1.165, 1.54) is 5.57 Å². The zero-order valence-electron chi connectivity index (χ0n) is 9.13. The van der Waals surface area contributed by atoms with E-state index in [0.29, 0.717) is 11.3 Å². The van der Waals surface area contributed by atoms with Gasteiger partial charge in [-0.1, -0.05) is 39.3 Å². The number of rotatable bonds is 2. The van der Waals surface area contributed by atoms with E-state index < -0.39 is 0 Å². The predicted octanol–water partition coefficient (Wildman–Crippen LogP) is 3.20. The van der Waals surface area contributed by atoms with Crippen molar-refractivity contribution in [1.29, 1.82) is 0 Å². The van der Waals surface area contributed by atoms with Crippen molar-refractivity contribution in [3.63, 3.8) is 0 Å². The fourth-order valence-electron chi connectivity index (χ4n) is 2.07. The summed E-state index contributed by atoms with van der Waals surface area (Å²) in [4.78, 5) is 10.8. The number of carbonyl (C=O) groups excluding carboxylic acids is 1. The molecule has 0 saturated heterocycles. The minimum atomic E-state index is 0.188. The van der Waals surface area contributed by atoms with E-state index >= 15 is 0 Å². The van der Waals surface area contributed by atoms with Crippen molar-refractivity contribution < 1.29 is 4.79 Å². The van der Waals surface area contributed by atoms with Crippen molar-refractivity contribution in [2.75, 3.05) is 0 Å². The van der Waals surface area contributed by atoms with E-state index in [0.717, 1.165) is 19.1 Å². The van der Waals surface area contributed by atoms with Crippen LogP contribution in [0.2, 0.25) is 0 Å².